The van der Waals surface area contributed by atoms with E-state index in [1.165, 1.54) is 0 Å². The number of thiocarbonyl (C=S) groups is 2. The van der Waals surface area contributed by atoms with E-state index in [0.29, 0.717) is 19.5 Å². The molecule has 0 aliphatic rings. The Morgan fingerprint density at radius 2 is 0.821 bits per heavy atom. The van der Waals surface area contributed by atoms with Gasteiger partial charge in [-0.2, -0.15) is 0 Å². The van der Waals surface area contributed by atoms with E-state index in [4.69, 9.17) is 24.4 Å². The number of benzene rings is 3. The van der Waals surface area contributed by atoms with Gasteiger partial charge >= 0.3 is 0 Å². The van der Waals surface area contributed by atoms with Crippen LogP contribution in [0.5, 0.6) is 0 Å². The molecule has 0 fully saturated rings. The fourth-order valence-corrected chi connectivity index (χ4v) is 4.37. The molecule has 0 saturated heterocycles. The van der Waals surface area contributed by atoms with Gasteiger partial charge in [0.15, 0.2) is 0 Å². The standard InChI is InChI=1S/C22H14O2S4/c23-19(15-7-3-1-4-8-15)27-21(25)17-11-13-18(14-12-17)22(26)28-20(24)16-9-5-2-6-10-16/h1-14H. The minimum Gasteiger partial charge on any atom is -0.281 e. The molecule has 0 radical (unpaired) electrons. The summed E-state index contributed by atoms with van der Waals surface area (Å²) in [5.41, 5.74) is 2.78. The van der Waals surface area contributed by atoms with Gasteiger partial charge in [-0.05, 0) is 34.7 Å². The third-order valence-electron chi connectivity index (χ3n) is 3.75. The monoisotopic (exact) mass is 438 g/mol. The van der Waals surface area contributed by atoms with Crippen LogP contribution in [0.25, 0.3) is 0 Å². The molecule has 3 aromatic rings. The Kier molecular flexibility index (Phi) is 7.28. The number of thioether (sulfide) groups is 2. The summed E-state index contributed by atoms with van der Waals surface area (Å²) in [5, 5.41) is -0.177. The van der Waals surface area contributed by atoms with Crippen LogP contribution in [0, 0.1) is 0 Å². The maximum Gasteiger partial charge on any atom is 0.224 e. The zero-order valence-corrected chi connectivity index (χ0v) is 17.8. The van der Waals surface area contributed by atoms with Crippen LogP contribution in [-0.2, 0) is 0 Å². The lowest BCUT2D eigenvalue weighted by atomic mass is 10.2. The highest BCUT2D eigenvalue weighted by Crippen LogP contribution is 2.23. The molecule has 3 rings (SSSR count). The van der Waals surface area contributed by atoms with E-state index in [1.807, 2.05) is 60.7 Å². The van der Waals surface area contributed by atoms with Crippen molar-refractivity contribution in [2.24, 2.45) is 0 Å². The Hall–Kier alpha value is -2.12. The summed E-state index contributed by atoms with van der Waals surface area (Å²) in [6.07, 6.45) is 0. The summed E-state index contributed by atoms with van der Waals surface area (Å²) in [4.78, 5) is 24.5. The first-order valence-corrected chi connectivity index (χ1v) is 10.7. The molecule has 138 valence electrons. The van der Waals surface area contributed by atoms with Crippen molar-refractivity contribution in [3.05, 3.63) is 107 Å². The fraction of sp³-hybridized carbons (Fsp3) is 0. The van der Waals surface area contributed by atoms with Gasteiger partial charge in [0.05, 0.1) is 8.39 Å². The normalized spacial score (nSPS) is 10.3. The minimum absolute atomic E-state index is 0.0887. The topological polar surface area (TPSA) is 34.1 Å². The molecule has 3 aromatic carbocycles. The van der Waals surface area contributed by atoms with Crippen molar-refractivity contribution in [1.82, 2.24) is 0 Å². The molecule has 2 nitrogen and oxygen atoms in total. The van der Waals surface area contributed by atoms with E-state index in [-0.39, 0.29) is 10.2 Å². The molecule has 0 amide bonds. The van der Waals surface area contributed by atoms with E-state index >= 15 is 0 Å². The first-order valence-electron chi connectivity index (χ1n) is 8.28. The second-order valence-electron chi connectivity index (χ2n) is 5.66. The zero-order valence-electron chi connectivity index (χ0n) is 14.5. The van der Waals surface area contributed by atoms with Gasteiger partial charge in [0.25, 0.3) is 0 Å². The summed E-state index contributed by atoms with van der Waals surface area (Å²) in [7, 11) is 0. The van der Waals surface area contributed by atoms with Crippen molar-refractivity contribution in [3.63, 3.8) is 0 Å². The molecule has 0 aliphatic carbocycles. The largest absolute Gasteiger partial charge is 0.281 e. The average Bonchev–Trinajstić information content (AvgIpc) is 2.75. The van der Waals surface area contributed by atoms with Gasteiger partial charge in [-0.1, -0.05) is 109 Å². The van der Waals surface area contributed by atoms with Crippen molar-refractivity contribution in [3.8, 4) is 0 Å². The fourth-order valence-electron chi connectivity index (χ4n) is 2.29. The lowest BCUT2D eigenvalue weighted by molar-refractivity contribution is 0.108. The van der Waals surface area contributed by atoms with Crippen molar-refractivity contribution >= 4 is 66.6 Å². The molecular formula is C22H14O2S4. The average molecular weight is 439 g/mol. The summed E-state index contributed by atoms with van der Waals surface area (Å²) >= 11 is 12.8. The van der Waals surface area contributed by atoms with Crippen molar-refractivity contribution < 1.29 is 9.59 Å². The highest BCUT2D eigenvalue weighted by Gasteiger charge is 2.14. The molecule has 0 atom stereocenters. The van der Waals surface area contributed by atoms with Crippen LogP contribution in [-0.4, -0.2) is 18.6 Å². The quantitative estimate of drug-likeness (QED) is 0.452. The van der Waals surface area contributed by atoms with Gasteiger partial charge in [-0.15, -0.1) is 0 Å². The Morgan fingerprint density at radius 3 is 1.14 bits per heavy atom. The molecule has 0 spiro atoms. The number of hydrogen-bond donors (Lipinski definition) is 0. The highest BCUT2D eigenvalue weighted by atomic mass is 32.2. The van der Waals surface area contributed by atoms with E-state index in [1.54, 1.807) is 24.3 Å². The van der Waals surface area contributed by atoms with Crippen LogP contribution in [0.1, 0.15) is 31.8 Å². The summed E-state index contributed by atoms with van der Waals surface area (Å²) < 4.78 is 0.999. The molecule has 0 unspecified atom stereocenters. The van der Waals surface area contributed by atoms with E-state index in [0.717, 1.165) is 34.7 Å². The van der Waals surface area contributed by atoms with Gasteiger partial charge in [0.1, 0.15) is 0 Å². The molecule has 0 N–H and O–H groups in total. The lowest BCUT2D eigenvalue weighted by Crippen LogP contribution is -2.02. The van der Waals surface area contributed by atoms with Crippen LogP contribution < -0.4 is 0 Å². The van der Waals surface area contributed by atoms with Crippen molar-refractivity contribution in [2.75, 3.05) is 0 Å². The van der Waals surface area contributed by atoms with Crippen LogP contribution in [0.4, 0.5) is 0 Å². The maximum absolute atomic E-state index is 12.3. The van der Waals surface area contributed by atoms with Gasteiger partial charge in [-0.3, -0.25) is 9.59 Å². The Morgan fingerprint density at radius 1 is 0.500 bits per heavy atom. The number of hydrogen-bond acceptors (Lipinski definition) is 6. The number of carbonyl (C=O) groups is 2. The summed E-state index contributed by atoms with van der Waals surface area (Å²) in [5.74, 6) is 0. The molecular weight excluding hydrogens is 425 g/mol. The second-order valence-corrected chi connectivity index (χ2v) is 8.96. The molecule has 28 heavy (non-hydrogen) atoms. The van der Waals surface area contributed by atoms with E-state index in [9.17, 15) is 9.59 Å². The molecule has 0 aliphatic heterocycles. The van der Waals surface area contributed by atoms with Gasteiger partial charge < -0.3 is 0 Å². The second kappa shape index (κ2) is 9.89. The lowest BCUT2D eigenvalue weighted by Gasteiger charge is -2.06. The molecule has 0 aromatic heterocycles. The SMILES string of the molecule is O=C(SC(=S)c1ccc(C(=S)SC(=O)c2ccccc2)cc1)c1ccccc1. The molecule has 0 bridgehead atoms. The van der Waals surface area contributed by atoms with Crippen LogP contribution in [0.3, 0.4) is 0 Å². The summed E-state index contributed by atoms with van der Waals surface area (Å²) in [6, 6.07) is 25.4. The first kappa shape index (κ1) is 20.6. The Balaban J connectivity index is 1.62. The minimum atomic E-state index is -0.0887. The molecule has 0 saturated carbocycles. The van der Waals surface area contributed by atoms with Crippen LogP contribution in [0.2, 0.25) is 0 Å². The van der Waals surface area contributed by atoms with Crippen molar-refractivity contribution in [2.45, 2.75) is 0 Å². The highest BCUT2D eigenvalue weighted by molar-refractivity contribution is 8.34. The third-order valence-corrected chi connectivity index (χ3v) is 6.40. The first-order chi connectivity index (χ1) is 13.5. The number of carbonyl (C=O) groups excluding carboxylic acids is 2. The smallest absolute Gasteiger partial charge is 0.224 e. The molecule has 0 heterocycles. The Bertz CT molecular complexity index is 929. The van der Waals surface area contributed by atoms with Crippen LogP contribution >= 0.6 is 48.0 Å². The third kappa shape index (κ3) is 5.45. The maximum atomic E-state index is 12.3. The van der Waals surface area contributed by atoms with E-state index < -0.39 is 0 Å². The van der Waals surface area contributed by atoms with Crippen LogP contribution in [0.15, 0.2) is 84.9 Å². The zero-order chi connectivity index (χ0) is 19.9. The van der Waals surface area contributed by atoms with E-state index in [2.05, 4.69) is 0 Å². The predicted molar refractivity (Wildman–Crippen MR) is 127 cm³/mol. The van der Waals surface area contributed by atoms with Gasteiger partial charge in [0.2, 0.25) is 10.2 Å². The predicted octanol–water partition coefficient (Wildman–Crippen LogP) is 6.18. The number of rotatable bonds is 4. The van der Waals surface area contributed by atoms with Gasteiger partial charge in [0, 0.05) is 11.1 Å². The van der Waals surface area contributed by atoms with Crippen molar-refractivity contribution in [1.29, 1.82) is 0 Å². The molecule has 6 heteroatoms. The Labute approximate surface area is 182 Å². The summed E-state index contributed by atoms with van der Waals surface area (Å²) in [6.45, 7) is 0. The van der Waals surface area contributed by atoms with Gasteiger partial charge in [-0.25, -0.2) is 0 Å².